The van der Waals surface area contributed by atoms with Crippen molar-refractivity contribution in [3.05, 3.63) is 64.9 Å². The van der Waals surface area contributed by atoms with Crippen LogP contribution in [-0.4, -0.2) is 5.84 Å². The van der Waals surface area contributed by atoms with Gasteiger partial charge in [0.15, 0.2) is 0 Å². The number of aliphatic imine (C=N–C) groups is 1. The highest BCUT2D eigenvalue weighted by molar-refractivity contribution is 6.34. The molecule has 0 bridgehead atoms. The van der Waals surface area contributed by atoms with Gasteiger partial charge in [0.1, 0.15) is 11.7 Å². The largest absolute Gasteiger partial charge is 0.383 e. The molecule has 0 aliphatic heterocycles. The van der Waals surface area contributed by atoms with Crippen molar-refractivity contribution in [1.82, 2.24) is 0 Å². The second-order valence-electron chi connectivity index (χ2n) is 3.46. The predicted molar refractivity (Wildman–Crippen MR) is 68.2 cm³/mol. The number of nitrogens with zero attached hydrogens (tertiary/aromatic N) is 1. The molecule has 0 saturated carbocycles. The first kappa shape index (κ1) is 11.6. The third kappa shape index (κ3) is 2.82. The first-order valence-electron chi connectivity index (χ1n) is 5.01. The normalized spacial score (nSPS) is 11.5. The molecule has 2 aromatic carbocycles. The summed E-state index contributed by atoms with van der Waals surface area (Å²) in [7, 11) is 0. The number of rotatable bonds is 2. The minimum Gasteiger partial charge on any atom is -0.383 e. The minimum absolute atomic E-state index is 0.265. The summed E-state index contributed by atoms with van der Waals surface area (Å²) in [5.41, 5.74) is 6.92. The third-order valence-electron chi connectivity index (χ3n) is 2.21. The summed E-state index contributed by atoms with van der Waals surface area (Å²) in [6, 6.07) is 13.0. The van der Waals surface area contributed by atoms with Gasteiger partial charge in [0.05, 0.1) is 10.7 Å². The van der Waals surface area contributed by atoms with E-state index >= 15 is 0 Å². The van der Waals surface area contributed by atoms with Crippen molar-refractivity contribution in [2.75, 3.05) is 0 Å². The van der Waals surface area contributed by atoms with Gasteiger partial charge in [-0.15, -0.1) is 0 Å². The number of benzene rings is 2. The molecule has 2 nitrogen and oxygen atoms in total. The third-order valence-corrected chi connectivity index (χ3v) is 2.54. The molecule has 0 aromatic heterocycles. The van der Waals surface area contributed by atoms with E-state index < -0.39 is 0 Å². The SMILES string of the molecule is NC(=Nc1cccc(F)c1)c1ccccc1Cl. The molecule has 2 N–H and O–H groups in total. The average molecular weight is 249 g/mol. The Bertz CT molecular complexity index is 567. The maximum Gasteiger partial charge on any atom is 0.132 e. The maximum absolute atomic E-state index is 13.0. The van der Waals surface area contributed by atoms with Crippen LogP contribution in [0.25, 0.3) is 0 Å². The minimum atomic E-state index is -0.349. The van der Waals surface area contributed by atoms with Crippen LogP contribution in [0, 0.1) is 5.82 Å². The molecule has 0 fully saturated rings. The molecule has 0 spiro atoms. The van der Waals surface area contributed by atoms with E-state index in [-0.39, 0.29) is 11.7 Å². The van der Waals surface area contributed by atoms with Crippen molar-refractivity contribution in [3.63, 3.8) is 0 Å². The summed E-state index contributed by atoms with van der Waals surface area (Å²) < 4.78 is 13.0. The van der Waals surface area contributed by atoms with E-state index in [2.05, 4.69) is 4.99 Å². The fourth-order valence-electron chi connectivity index (χ4n) is 1.41. The van der Waals surface area contributed by atoms with E-state index in [0.29, 0.717) is 16.3 Å². The van der Waals surface area contributed by atoms with Gasteiger partial charge in [0, 0.05) is 5.56 Å². The van der Waals surface area contributed by atoms with Crippen LogP contribution < -0.4 is 5.73 Å². The highest BCUT2D eigenvalue weighted by atomic mass is 35.5. The molecular weight excluding hydrogens is 239 g/mol. The molecule has 0 heterocycles. The van der Waals surface area contributed by atoms with Crippen LogP contribution in [-0.2, 0) is 0 Å². The summed E-state index contributed by atoms with van der Waals surface area (Å²) in [5, 5.41) is 0.519. The van der Waals surface area contributed by atoms with Crippen molar-refractivity contribution in [1.29, 1.82) is 0 Å². The van der Waals surface area contributed by atoms with Crippen molar-refractivity contribution in [2.45, 2.75) is 0 Å². The van der Waals surface area contributed by atoms with Gasteiger partial charge in [-0.3, -0.25) is 0 Å². The van der Waals surface area contributed by atoms with Crippen LogP contribution in [0.2, 0.25) is 5.02 Å². The number of hydrogen-bond acceptors (Lipinski definition) is 1. The fraction of sp³-hybridized carbons (Fsp3) is 0. The van der Waals surface area contributed by atoms with Gasteiger partial charge in [-0.05, 0) is 30.3 Å². The van der Waals surface area contributed by atoms with E-state index in [1.165, 1.54) is 12.1 Å². The summed E-state index contributed by atoms with van der Waals surface area (Å²) >= 11 is 5.98. The zero-order valence-corrected chi connectivity index (χ0v) is 9.66. The highest BCUT2D eigenvalue weighted by Crippen LogP contribution is 2.18. The molecule has 0 unspecified atom stereocenters. The predicted octanol–water partition coefficient (Wildman–Crippen LogP) is 3.52. The molecule has 2 rings (SSSR count). The Morgan fingerprint density at radius 3 is 2.59 bits per heavy atom. The number of hydrogen-bond donors (Lipinski definition) is 1. The Kier molecular flexibility index (Phi) is 3.40. The lowest BCUT2D eigenvalue weighted by Crippen LogP contribution is -2.13. The summed E-state index contributed by atoms with van der Waals surface area (Å²) in [6.45, 7) is 0. The molecule has 2 aromatic rings. The summed E-state index contributed by atoms with van der Waals surface area (Å²) in [6.07, 6.45) is 0. The second-order valence-corrected chi connectivity index (χ2v) is 3.86. The van der Waals surface area contributed by atoms with Crippen LogP contribution in [0.3, 0.4) is 0 Å². The zero-order valence-electron chi connectivity index (χ0n) is 8.90. The Balaban J connectivity index is 2.38. The highest BCUT2D eigenvalue weighted by Gasteiger charge is 2.03. The van der Waals surface area contributed by atoms with Crippen LogP contribution in [0.1, 0.15) is 5.56 Å². The van der Waals surface area contributed by atoms with E-state index in [1.807, 2.05) is 6.07 Å². The van der Waals surface area contributed by atoms with Crippen molar-refractivity contribution in [2.24, 2.45) is 10.7 Å². The molecule has 0 radical (unpaired) electrons. The van der Waals surface area contributed by atoms with Gasteiger partial charge in [-0.1, -0.05) is 29.8 Å². The van der Waals surface area contributed by atoms with Crippen molar-refractivity contribution >= 4 is 23.1 Å². The van der Waals surface area contributed by atoms with E-state index in [4.69, 9.17) is 17.3 Å². The molecule has 4 heteroatoms. The summed E-state index contributed by atoms with van der Waals surface area (Å²) in [4.78, 5) is 4.12. The smallest absolute Gasteiger partial charge is 0.132 e. The Morgan fingerprint density at radius 2 is 1.88 bits per heavy atom. The fourth-order valence-corrected chi connectivity index (χ4v) is 1.65. The monoisotopic (exact) mass is 248 g/mol. The standard InChI is InChI=1S/C13H10ClFN2/c14-12-7-2-1-6-11(12)13(16)17-10-5-3-4-9(15)8-10/h1-8H,(H2,16,17). The van der Waals surface area contributed by atoms with Gasteiger partial charge < -0.3 is 5.73 Å². The lowest BCUT2D eigenvalue weighted by atomic mass is 10.2. The van der Waals surface area contributed by atoms with Gasteiger partial charge in [-0.2, -0.15) is 0 Å². The van der Waals surface area contributed by atoms with Gasteiger partial charge in [0.2, 0.25) is 0 Å². The van der Waals surface area contributed by atoms with Crippen molar-refractivity contribution in [3.8, 4) is 0 Å². The molecule has 0 aliphatic carbocycles. The zero-order chi connectivity index (χ0) is 12.3. The second kappa shape index (κ2) is 4.97. The van der Waals surface area contributed by atoms with Crippen LogP contribution >= 0.6 is 11.6 Å². The first-order chi connectivity index (χ1) is 8.16. The quantitative estimate of drug-likeness (QED) is 0.641. The lowest BCUT2D eigenvalue weighted by Gasteiger charge is -2.03. The van der Waals surface area contributed by atoms with E-state index in [1.54, 1.807) is 30.3 Å². The average Bonchev–Trinajstić information content (AvgIpc) is 2.29. The molecule has 0 aliphatic rings. The lowest BCUT2D eigenvalue weighted by molar-refractivity contribution is 0.628. The molecular formula is C13H10ClFN2. The number of halogens is 2. The topological polar surface area (TPSA) is 38.4 Å². The molecule has 0 saturated heterocycles. The Morgan fingerprint density at radius 1 is 1.12 bits per heavy atom. The summed E-state index contributed by atoms with van der Waals surface area (Å²) in [5.74, 6) is -0.0839. The Hall–Kier alpha value is -1.87. The van der Waals surface area contributed by atoms with Gasteiger partial charge in [-0.25, -0.2) is 9.38 Å². The van der Waals surface area contributed by atoms with Crippen LogP contribution in [0.5, 0.6) is 0 Å². The van der Waals surface area contributed by atoms with Crippen LogP contribution in [0.4, 0.5) is 10.1 Å². The van der Waals surface area contributed by atoms with E-state index in [9.17, 15) is 4.39 Å². The molecule has 0 amide bonds. The number of nitrogens with two attached hydrogens (primary N) is 1. The molecule has 0 atom stereocenters. The van der Waals surface area contributed by atoms with E-state index in [0.717, 1.165) is 0 Å². The molecule has 86 valence electrons. The van der Waals surface area contributed by atoms with Gasteiger partial charge >= 0.3 is 0 Å². The Labute approximate surface area is 104 Å². The number of amidine groups is 1. The first-order valence-corrected chi connectivity index (χ1v) is 5.39. The van der Waals surface area contributed by atoms with Gasteiger partial charge in [0.25, 0.3) is 0 Å². The molecule has 17 heavy (non-hydrogen) atoms. The maximum atomic E-state index is 13.0. The van der Waals surface area contributed by atoms with Crippen LogP contribution in [0.15, 0.2) is 53.5 Å². The van der Waals surface area contributed by atoms with Crippen molar-refractivity contribution < 1.29 is 4.39 Å².